The minimum atomic E-state index is 0.782. The highest BCUT2D eigenvalue weighted by Crippen LogP contribution is 2.31. The summed E-state index contributed by atoms with van der Waals surface area (Å²) in [6.07, 6.45) is 2.77. The van der Waals surface area contributed by atoms with Crippen molar-refractivity contribution in [2.75, 3.05) is 0 Å². The second-order valence-corrected chi connectivity index (χ2v) is 2.31. The molecule has 6 heavy (non-hydrogen) atoms. The van der Waals surface area contributed by atoms with Crippen LogP contribution in [-0.2, 0) is 0 Å². The highest BCUT2D eigenvalue weighted by Gasteiger charge is 2.14. The molecule has 0 nitrogen and oxygen atoms in total. The second kappa shape index (κ2) is 1.25. The van der Waals surface area contributed by atoms with Gasteiger partial charge in [-0.1, -0.05) is 25.7 Å². The largest absolute Gasteiger partial charge is 0.340 e. The van der Waals surface area contributed by atoms with E-state index in [1.807, 2.05) is 0 Å². The van der Waals surface area contributed by atoms with E-state index in [1.165, 1.54) is 12.8 Å². The topological polar surface area (TPSA) is 0 Å². The molecule has 0 saturated heterocycles. The van der Waals surface area contributed by atoms with Crippen LogP contribution in [0.3, 0.4) is 0 Å². The zero-order valence-corrected chi connectivity index (χ0v) is 4.28. The third-order valence-corrected chi connectivity index (χ3v) is 1.80. The van der Waals surface area contributed by atoms with Gasteiger partial charge in [0.05, 0.1) is 0 Å². The van der Waals surface area contributed by atoms with E-state index in [0.717, 1.165) is 11.8 Å². The lowest BCUT2D eigenvalue weighted by Gasteiger charge is -2.36. The first-order chi connectivity index (χ1) is 2.80. The van der Waals surface area contributed by atoms with Crippen LogP contribution in [0.15, 0.2) is 0 Å². The monoisotopic (exact) mass is 83.1 g/mol. The first-order valence-corrected chi connectivity index (χ1v) is 2.64. The molecule has 0 N–H and O–H groups in total. The summed E-state index contributed by atoms with van der Waals surface area (Å²) in [5, 5.41) is 0. The van der Waals surface area contributed by atoms with Crippen molar-refractivity contribution in [3.8, 4) is 0 Å². The summed E-state index contributed by atoms with van der Waals surface area (Å²) in [7, 11) is 0. The second-order valence-electron chi connectivity index (χ2n) is 2.31. The number of hydrogen-bond donors (Lipinski definition) is 0. The molecule has 1 fully saturated rings. The molecule has 0 radical (unpaired) electrons. The highest BCUT2D eigenvalue weighted by molar-refractivity contribution is 4.77. The summed E-state index contributed by atoms with van der Waals surface area (Å²) in [5.41, 5.74) is 0. The molecule has 2 unspecified atom stereocenters. The van der Waals surface area contributed by atoms with E-state index in [1.54, 1.807) is 0 Å². The average molecular weight is 83.2 g/mol. The third-order valence-electron chi connectivity index (χ3n) is 1.80. The molecule has 0 bridgehead atoms. The van der Waals surface area contributed by atoms with E-state index in [-0.39, 0.29) is 0 Å². The average Bonchev–Trinajstić information content (AvgIpc) is 1.61. The van der Waals surface area contributed by atoms with Crippen LogP contribution in [0.25, 0.3) is 0 Å². The van der Waals surface area contributed by atoms with Gasteiger partial charge < -0.3 is 6.92 Å². The molecule has 0 heteroatoms. The first kappa shape index (κ1) is 4.17. The normalized spacial score (nSPS) is 45.0. The number of hydrogen-bond acceptors (Lipinski definition) is 0. The fourth-order valence-corrected chi connectivity index (χ4v) is 0.736. The summed E-state index contributed by atoms with van der Waals surface area (Å²) in [6, 6.07) is 0. The van der Waals surface area contributed by atoms with Gasteiger partial charge in [-0.3, -0.25) is 0 Å². The highest BCUT2D eigenvalue weighted by atomic mass is 14.3. The van der Waals surface area contributed by atoms with Gasteiger partial charge in [-0.15, -0.1) is 0 Å². The minimum Gasteiger partial charge on any atom is -0.340 e. The lowest BCUT2D eigenvalue weighted by atomic mass is 9.77. The molecular weight excluding hydrogens is 72.1 g/mol. The molecule has 1 rings (SSSR count). The predicted molar refractivity (Wildman–Crippen MR) is 27.2 cm³/mol. The van der Waals surface area contributed by atoms with Crippen LogP contribution in [0.4, 0.5) is 0 Å². The molecule has 0 aromatic carbocycles. The van der Waals surface area contributed by atoms with Crippen molar-refractivity contribution in [3.05, 3.63) is 6.92 Å². The zero-order valence-electron chi connectivity index (χ0n) is 4.28. The van der Waals surface area contributed by atoms with Crippen LogP contribution in [0.5, 0.6) is 0 Å². The summed E-state index contributed by atoms with van der Waals surface area (Å²) >= 11 is 0. The Hall–Kier alpha value is 0. The van der Waals surface area contributed by atoms with Crippen LogP contribution < -0.4 is 0 Å². The SMILES string of the molecule is [CH2-]C1CCC1C. The molecule has 1 aliphatic carbocycles. The van der Waals surface area contributed by atoms with Gasteiger partial charge in [-0.05, 0) is 0 Å². The Bertz CT molecular complexity index is 40.0. The lowest BCUT2D eigenvalue weighted by molar-refractivity contribution is 0.248. The molecule has 0 aliphatic heterocycles. The molecule has 0 heterocycles. The fourth-order valence-electron chi connectivity index (χ4n) is 0.736. The van der Waals surface area contributed by atoms with Gasteiger partial charge in [0.25, 0.3) is 0 Å². The van der Waals surface area contributed by atoms with E-state index < -0.39 is 0 Å². The molecule has 1 saturated carbocycles. The Morgan fingerprint density at radius 3 is 2.00 bits per heavy atom. The summed E-state index contributed by atoms with van der Waals surface area (Å²) in [5.74, 6) is 1.70. The van der Waals surface area contributed by atoms with Gasteiger partial charge in [0.1, 0.15) is 0 Å². The molecule has 0 amide bonds. The van der Waals surface area contributed by atoms with Crippen molar-refractivity contribution in [2.45, 2.75) is 19.8 Å². The lowest BCUT2D eigenvalue weighted by Crippen LogP contribution is -2.19. The van der Waals surface area contributed by atoms with Crippen LogP contribution >= 0.6 is 0 Å². The third kappa shape index (κ3) is 0.444. The van der Waals surface area contributed by atoms with Crippen molar-refractivity contribution >= 4 is 0 Å². The van der Waals surface area contributed by atoms with Crippen molar-refractivity contribution in [2.24, 2.45) is 11.8 Å². The summed E-state index contributed by atoms with van der Waals surface area (Å²) < 4.78 is 0. The maximum Gasteiger partial charge on any atom is -0.0551 e. The van der Waals surface area contributed by atoms with Gasteiger partial charge in [0, 0.05) is 0 Å². The molecule has 1 aliphatic rings. The van der Waals surface area contributed by atoms with Crippen molar-refractivity contribution in [1.29, 1.82) is 0 Å². The van der Waals surface area contributed by atoms with Crippen molar-refractivity contribution in [1.82, 2.24) is 0 Å². The Balaban J connectivity index is 2.20. The van der Waals surface area contributed by atoms with Crippen LogP contribution in [0.1, 0.15) is 19.8 Å². The maximum absolute atomic E-state index is 3.92. The molecule has 0 aromatic heterocycles. The molecule has 0 aromatic rings. The summed E-state index contributed by atoms with van der Waals surface area (Å²) in [6.45, 7) is 6.19. The van der Waals surface area contributed by atoms with E-state index >= 15 is 0 Å². The summed E-state index contributed by atoms with van der Waals surface area (Å²) in [4.78, 5) is 0. The standard InChI is InChI=1S/C6H11/c1-5-3-4-6(5)2/h5-6H,1,3-4H2,2H3/q-1. The Kier molecular flexibility index (Phi) is 0.868. The van der Waals surface area contributed by atoms with Crippen molar-refractivity contribution in [3.63, 3.8) is 0 Å². The minimum absolute atomic E-state index is 0.782. The fraction of sp³-hybridized carbons (Fsp3) is 0.833. The van der Waals surface area contributed by atoms with E-state index in [4.69, 9.17) is 0 Å². The Morgan fingerprint density at radius 2 is 2.00 bits per heavy atom. The van der Waals surface area contributed by atoms with E-state index in [9.17, 15) is 0 Å². The molecule has 2 atom stereocenters. The van der Waals surface area contributed by atoms with Gasteiger partial charge in [0.2, 0.25) is 0 Å². The van der Waals surface area contributed by atoms with Crippen LogP contribution in [0.2, 0.25) is 0 Å². The number of rotatable bonds is 0. The van der Waals surface area contributed by atoms with E-state index in [0.29, 0.717) is 0 Å². The first-order valence-electron chi connectivity index (χ1n) is 2.64. The predicted octanol–water partition coefficient (Wildman–Crippen LogP) is 1.87. The maximum atomic E-state index is 3.92. The molecule has 0 spiro atoms. The quantitative estimate of drug-likeness (QED) is 0.392. The van der Waals surface area contributed by atoms with Gasteiger partial charge in [0.15, 0.2) is 0 Å². The van der Waals surface area contributed by atoms with Gasteiger partial charge in [-0.25, -0.2) is 0 Å². The van der Waals surface area contributed by atoms with Gasteiger partial charge in [-0.2, -0.15) is 5.92 Å². The van der Waals surface area contributed by atoms with Crippen LogP contribution in [-0.4, -0.2) is 0 Å². The Morgan fingerprint density at radius 1 is 1.50 bits per heavy atom. The van der Waals surface area contributed by atoms with Gasteiger partial charge >= 0.3 is 0 Å². The smallest absolute Gasteiger partial charge is 0.0551 e. The van der Waals surface area contributed by atoms with Crippen molar-refractivity contribution < 1.29 is 0 Å². The molecular formula is C6H11-. The zero-order chi connectivity index (χ0) is 4.57. The van der Waals surface area contributed by atoms with Crippen LogP contribution in [0, 0.1) is 18.8 Å². The molecule has 36 valence electrons. The van der Waals surface area contributed by atoms with E-state index in [2.05, 4.69) is 13.8 Å². The Labute approximate surface area is 39.6 Å².